The lowest BCUT2D eigenvalue weighted by Gasteiger charge is -2.29. The third kappa shape index (κ3) is 4.86. The monoisotopic (exact) mass is 419 g/mol. The standard InChI is InChI=1S/C22H30FN3O4/c1-13(11-19(24)27)12-28-14-3-5-16(6-4-14)30-22-25-17-9-10-18(29-15-7-8-15)20(23)21(17)26(22)2/h9-10,13-16H,3-8,11-12H2,1-2H3,(H2,24,27)/t13-,14?,16?/m1/s1. The fourth-order valence-corrected chi connectivity index (χ4v) is 3.95. The molecule has 1 heterocycles. The number of imidazole rings is 1. The Kier molecular flexibility index (Phi) is 6.13. The van der Waals surface area contributed by atoms with E-state index in [9.17, 15) is 9.18 Å². The average Bonchev–Trinajstić information content (AvgIpc) is 3.46. The van der Waals surface area contributed by atoms with Crippen molar-refractivity contribution in [2.75, 3.05) is 6.61 Å². The summed E-state index contributed by atoms with van der Waals surface area (Å²) in [7, 11) is 1.77. The van der Waals surface area contributed by atoms with Gasteiger partial charge in [0.25, 0.3) is 6.01 Å². The van der Waals surface area contributed by atoms with E-state index in [0.29, 0.717) is 30.1 Å². The van der Waals surface area contributed by atoms with Crippen LogP contribution in [0.1, 0.15) is 51.9 Å². The summed E-state index contributed by atoms with van der Waals surface area (Å²) in [6.07, 6.45) is 6.08. The van der Waals surface area contributed by atoms with E-state index in [1.165, 1.54) is 0 Å². The number of amides is 1. The zero-order valence-electron chi connectivity index (χ0n) is 17.6. The molecule has 4 rings (SSSR count). The normalized spacial score (nSPS) is 22.8. The number of hydrogen-bond donors (Lipinski definition) is 1. The van der Waals surface area contributed by atoms with E-state index in [0.717, 1.165) is 38.5 Å². The van der Waals surface area contributed by atoms with Crippen molar-refractivity contribution in [3.63, 3.8) is 0 Å². The van der Waals surface area contributed by atoms with Crippen LogP contribution >= 0.6 is 0 Å². The van der Waals surface area contributed by atoms with Gasteiger partial charge in [-0.05, 0) is 56.6 Å². The Morgan fingerprint density at radius 1 is 1.17 bits per heavy atom. The fraction of sp³-hybridized carbons (Fsp3) is 0.636. The van der Waals surface area contributed by atoms with Crippen LogP contribution in [0.2, 0.25) is 0 Å². The van der Waals surface area contributed by atoms with Crippen molar-refractivity contribution in [2.45, 2.75) is 70.2 Å². The van der Waals surface area contributed by atoms with Crippen molar-refractivity contribution < 1.29 is 23.4 Å². The molecular formula is C22H30FN3O4. The number of rotatable bonds is 9. The highest BCUT2D eigenvalue weighted by atomic mass is 19.1. The van der Waals surface area contributed by atoms with Crippen LogP contribution in [-0.4, -0.2) is 40.4 Å². The summed E-state index contributed by atoms with van der Waals surface area (Å²) in [5, 5.41) is 0. The van der Waals surface area contributed by atoms with E-state index in [1.807, 2.05) is 6.92 Å². The molecule has 2 aliphatic rings. The van der Waals surface area contributed by atoms with Crippen LogP contribution in [0.25, 0.3) is 11.0 Å². The van der Waals surface area contributed by atoms with Crippen LogP contribution in [0, 0.1) is 11.7 Å². The van der Waals surface area contributed by atoms with Gasteiger partial charge in [0.05, 0.1) is 17.7 Å². The third-order valence-electron chi connectivity index (χ3n) is 5.78. The first-order valence-electron chi connectivity index (χ1n) is 10.8. The number of primary amides is 1. The molecule has 0 aliphatic heterocycles. The molecule has 2 aromatic rings. The zero-order chi connectivity index (χ0) is 21.3. The number of aryl methyl sites for hydroxylation is 1. The van der Waals surface area contributed by atoms with Crippen LogP contribution in [-0.2, 0) is 16.6 Å². The first-order valence-corrected chi connectivity index (χ1v) is 10.8. The van der Waals surface area contributed by atoms with E-state index in [-0.39, 0.29) is 41.7 Å². The van der Waals surface area contributed by atoms with Crippen LogP contribution < -0.4 is 15.2 Å². The molecule has 1 atom stereocenters. The fourth-order valence-electron chi connectivity index (χ4n) is 3.95. The summed E-state index contributed by atoms with van der Waals surface area (Å²) in [6.45, 7) is 2.50. The quantitative estimate of drug-likeness (QED) is 0.672. The Morgan fingerprint density at radius 3 is 2.47 bits per heavy atom. The van der Waals surface area contributed by atoms with Gasteiger partial charge in [-0.1, -0.05) is 6.92 Å². The van der Waals surface area contributed by atoms with Gasteiger partial charge in [0.1, 0.15) is 11.6 Å². The lowest BCUT2D eigenvalue weighted by Crippen LogP contribution is -2.30. The minimum atomic E-state index is -0.383. The molecule has 0 saturated heterocycles. The van der Waals surface area contributed by atoms with Gasteiger partial charge in [-0.15, -0.1) is 0 Å². The second kappa shape index (κ2) is 8.79. The summed E-state index contributed by atoms with van der Waals surface area (Å²) in [6, 6.07) is 3.85. The van der Waals surface area contributed by atoms with E-state index >= 15 is 0 Å². The molecule has 0 bridgehead atoms. The lowest BCUT2D eigenvalue weighted by atomic mass is 9.95. The number of benzene rings is 1. The molecule has 1 aromatic carbocycles. The van der Waals surface area contributed by atoms with Crippen LogP contribution in [0.4, 0.5) is 4.39 Å². The minimum absolute atomic E-state index is 0.0219. The van der Waals surface area contributed by atoms with Gasteiger partial charge < -0.3 is 19.9 Å². The predicted molar refractivity (Wildman–Crippen MR) is 110 cm³/mol. The minimum Gasteiger partial charge on any atom is -0.487 e. The topological polar surface area (TPSA) is 88.6 Å². The van der Waals surface area contributed by atoms with Crippen molar-refractivity contribution in [2.24, 2.45) is 18.7 Å². The van der Waals surface area contributed by atoms with Crippen LogP contribution in [0.15, 0.2) is 12.1 Å². The summed E-state index contributed by atoms with van der Waals surface area (Å²) in [5.41, 5.74) is 6.20. The molecule has 2 aliphatic carbocycles. The number of fused-ring (bicyclic) bond motifs is 1. The van der Waals surface area contributed by atoms with Crippen LogP contribution in [0.5, 0.6) is 11.8 Å². The third-order valence-corrected chi connectivity index (χ3v) is 5.78. The predicted octanol–water partition coefficient (Wildman–Crippen LogP) is 3.47. The molecule has 2 saturated carbocycles. The smallest absolute Gasteiger partial charge is 0.297 e. The summed E-state index contributed by atoms with van der Waals surface area (Å²) in [4.78, 5) is 15.5. The number of nitrogens with zero attached hydrogens (tertiary/aromatic N) is 2. The Morgan fingerprint density at radius 2 is 1.80 bits per heavy atom. The van der Waals surface area contributed by atoms with E-state index < -0.39 is 0 Å². The van der Waals surface area contributed by atoms with Crippen molar-refractivity contribution in [1.82, 2.24) is 9.55 Å². The van der Waals surface area contributed by atoms with Gasteiger partial charge in [0.2, 0.25) is 5.91 Å². The lowest BCUT2D eigenvalue weighted by molar-refractivity contribution is -0.119. The van der Waals surface area contributed by atoms with Gasteiger partial charge in [-0.3, -0.25) is 9.36 Å². The van der Waals surface area contributed by atoms with Gasteiger partial charge in [0.15, 0.2) is 11.6 Å². The molecule has 7 nitrogen and oxygen atoms in total. The first kappa shape index (κ1) is 20.9. The maximum absolute atomic E-state index is 14.9. The average molecular weight is 419 g/mol. The summed E-state index contributed by atoms with van der Waals surface area (Å²) < 4.78 is 34.3. The Bertz CT molecular complexity index is 903. The van der Waals surface area contributed by atoms with Crippen LogP contribution in [0.3, 0.4) is 0 Å². The Labute approximate surface area is 175 Å². The zero-order valence-corrected chi connectivity index (χ0v) is 17.6. The van der Waals surface area contributed by atoms with Gasteiger partial charge in [-0.25, -0.2) is 4.39 Å². The highest BCUT2D eigenvalue weighted by Crippen LogP contribution is 2.34. The second-order valence-corrected chi connectivity index (χ2v) is 8.64. The molecule has 30 heavy (non-hydrogen) atoms. The molecule has 2 fully saturated rings. The Balaban J connectivity index is 1.33. The number of ether oxygens (including phenoxy) is 3. The number of carbonyl (C=O) groups excluding carboxylic acids is 1. The van der Waals surface area contributed by atoms with Gasteiger partial charge in [-0.2, -0.15) is 4.98 Å². The number of halogens is 1. The number of nitrogens with two attached hydrogens (primary N) is 1. The highest BCUT2D eigenvalue weighted by Gasteiger charge is 2.28. The maximum Gasteiger partial charge on any atom is 0.297 e. The first-order chi connectivity index (χ1) is 14.4. The van der Waals surface area contributed by atoms with Crippen molar-refractivity contribution in [3.05, 3.63) is 17.9 Å². The Hall–Kier alpha value is -2.35. The van der Waals surface area contributed by atoms with Gasteiger partial charge in [0, 0.05) is 20.1 Å². The van der Waals surface area contributed by atoms with E-state index in [2.05, 4.69) is 4.98 Å². The maximum atomic E-state index is 14.9. The SMILES string of the molecule is C[C@@H](COC1CCC(Oc2nc3ccc(OC4CC4)c(F)c3n2C)CC1)CC(N)=O. The van der Waals surface area contributed by atoms with E-state index in [1.54, 1.807) is 23.7 Å². The molecule has 164 valence electrons. The molecule has 0 radical (unpaired) electrons. The van der Waals surface area contributed by atoms with Gasteiger partial charge >= 0.3 is 0 Å². The highest BCUT2D eigenvalue weighted by molar-refractivity contribution is 5.79. The largest absolute Gasteiger partial charge is 0.487 e. The molecular weight excluding hydrogens is 389 g/mol. The second-order valence-electron chi connectivity index (χ2n) is 8.64. The molecule has 8 heteroatoms. The molecule has 1 aromatic heterocycles. The molecule has 0 spiro atoms. The van der Waals surface area contributed by atoms with Crippen molar-refractivity contribution >= 4 is 16.9 Å². The molecule has 2 N–H and O–H groups in total. The summed E-state index contributed by atoms with van der Waals surface area (Å²) in [5.74, 6) is -0.275. The molecule has 1 amide bonds. The number of carbonyl (C=O) groups is 1. The molecule has 0 unspecified atom stereocenters. The van der Waals surface area contributed by atoms with E-state index in [4.69, 9.17) is 19.9 Å². The van der Waals surface area contributed by atoms with Crippen molar-refractivity contribution in [1.29, 1.82) is 0 Å². The number of aromatic nitrogens is 2. The summed E-state index contributed by atoms with van der Waals surface area (Å²) >= 11 is 0. The number of hydrogen-bond acceptors (Lipinski definition) is 5. The van der Waals surface area contributed by atoms with Crippen molar-refractivity contribution in [3.8, 4) is 11.8 Å².